The van der Waals surface area contributed by atoms with Crippen molar-refractivity contribution in [2.24, 2.45) is 0 Å². The quantitative estimate of drug-likeness (QED) is 0.619. The molecule has 2 aromatic carbocycles. The van der Waals surface area contributed by atoms with Gasteiger partial charge in [0.15, 0.2) is 0 Å². The molecule has 1 nitrogen and oxygen atoms in total. The number of para-hydroxylation sites is 1. The zero-order chi connectivity index (χ0) is 13.8. The predicted octanol–water partition coefficient (Wildman–Crippen LogP) is 5.88. The lowest BCUT2D eigenvalue weighted by molar-refractivity contribution is 0.337. The van der Waals surface area contributed by atoms with Gasteiger partial charge in [0.1, 0.15) is 5.75 Å². The number of benzene rings is 2. The predicted molar refractivity (Wildman–Crippen MR) is 84.8 cm³/mol. The first-order valence-electron chi connectivity index (χ1n) is 5.94. The monoisotopic (exact) mass is 358 g/mol. The van der Waals surface area contributed by atoms with E-state index in [2.05, 4.69) is 15.9 Å². The largest absolute Gasteiger partial charge is 0.494 e. The van der Waals surface area contributed by atoms with Gasteiger partial charge in [0.2, 0.25) is 0 Å². The molecular formula is C15H13BrCl2O. The third kappa shape index (κ3) is 3.44. The number of hydrogen-bond acceptors (Lipinski definition) is 1. The van der Waals surface area contributed by atoms with Crippen LogP contribution in [0.4, 0.5) is 0 Å². The second-order valence-corrected chi connectivity index (χ2v) is 5.76. The number of hydrogen-bond donors (Lipinski definition) is 0. The highest BCUT2D eigenvalue weighted by Crippen LogP contribution is 2.40. The van der Waals surface area contributed by atoms with E-state index in [4.69, 9.17) is 27.9 Å². The first-order valence-corrected chi connectivity index (χ1v) is 7.61. The molecule has 1 atom stereocenters. The van der Waals surface area contributed by atoms with Crippen molar-refractivity contribution >= 4 is 39.1 Å². The molecule has 0 aromatic heterocycles. The Labute approximate surface area is 131 Å². The summed E-state index contributed by atoms with van der Waals surface area (Å²) in [5.74, 6) is 0.859. The summed E-state index contributed by atoms with van der Waals surface area (Å²) in [5.41, 5.74) is 2.02. The fourth-order valence-electron chi connectivity index (χ4n) is 1.85. The number of alkyl halides is 1. The summed E-state index contributed by atoms with van der Waals surface area (Å²) in [5, 5.41) is 1.27. The van der Waals surface area contributed by atoms with Crippen molar-refractivity contribution in [2.75, 3.05) is 6.61 Å². The zero-order valence-electron chi connectivity index (χ0n) is 10.4. The maximum absolute atomic E-state index is 6.25. The van der Waals surface area contributed by atoms with E-state index in [0.29, 0.717) is 16.7 Å². The van der Waals surface area contributed by atoms with E-state index in [9.17, 15) is 0 Å². The Morgan fingerprint density at radius 3 is 2.53 bits per heavy atom. The van der Waals surface area contributed by atoms with Crippen LogP contribution in [0, 0.1) is 0 Å². The molecule has 2 rings (SSSR count). The Morgan fingerprint density at radius 1 is 1.11 bits per heavy atom. The molecule has 0 saturated carbocycles. The van der Waals surface area contributed by atoms with Gasteiger partial charge in [-0.3, -0.25) is 0 Å². The molecule has 19 heavy (non-hydrogen) atoms. The van der Waals surface area contributed by atoms with Crippen LogP contribution in [0.15, 0.2) is 42.5 Å². The minimum absolute atomic E-state index is 0.0278. The molecule has 0 fully saturated rings. The molecule has 0 N–H and O–H groups in total. The topological polar surface area (TPSA) is 9.23 Å². The van der Waals surface area contributed by atoms with Crippen LogP contribution in [0.5, 0.6) is 5.75 Å². The lowest BCUT2D eigenvalue weighted by atomic mass is 10.0. The molecule has 0 aliphatic carbocycles. The summed E-state index contributed by atoms with van der Waals surface area (Å²) >= 11 is 15.9. The molecular weight excluding hydrogens is 347 g/mol. The second kappa shape index (κ2) is 6.65. The van der Waals surface area contributed by atoms with Crippen LogP contribution in [0.2, 0.25) is 10.0 Å². The third-order valence-electron chi connectivity index (χ3n) is 2.73. The van der Waals surface area contributed by atoms with Crippen LogP contribution in [0.1, 0.15) is 22.9 Å². The van der Waals surface area contributed by atoms with E-state index < -0.39 is 0 Å². The van der Waals surface area contributed by atoms with Gasteiger partial charge in [-0.15, -0.1) is 0 Å². The molecule has 0 saturated heterocycles. The van der Waals surface area contributed by atoms with Crippen molar-refractivity contribution in [1.82, 2.24) is 0 Å². The van der Waals surface area contributed by atoms with Gasteiger partial charge in [-0.25, -0.2) is 0 Å². The Hall–Kier alpha value is -0.700. The summed E-state index contributed by atoms with van der Waals surface area (Å²) in [6, 6.07) is 13.4. The van der Waals surface area contributed by atoms with Crippen LogP contribution in [0.3, 0.4) is 0 Å². The van der Waals surface area contributed by atoms with Crippen molar-refractivity contribution < 1.29 is 4.74 Å². The molecule has 0 bridgehead atoms. The van der Waals surface area contributed by atoms with Crippen molar-refractivity contribution in [3.8, 4) is 5.75 Å². The summed E-state index contributed by atoms with van der Waals surface area (Å²) in [4.78, 5) is -0.0278. The molecule has 2 aromatic rings. The van der Waals surface area contributed by atoms with Crippen LogP contribution < -0.4 is 4.74 Å². The van der Waals surface area contributed by atoms with Crippen molar-refractivity contribution in [3.05, 3.63) is 63.6 Å². The van der Waals surface area contributed by atoms with E-state index in [0.717, 1.165) is 16.9 Å². The van der Waals surface area contributed by atoms with Gasteiger partial charge in [-0.1, -0.05) is 63.4 Å². The van der Waals surface area contributed by atoms with Crippen LogP contribution in [0.25, 0.3) is 0 Å². The normalized spacial score (nSPS) is 12.2. The Bertz CT molecular complexity index is 572. The molecule has 1 unspecified atom stereocenters. The molecule has 4 heteroatoms. The standard InChI is InChI=1S/C15H13BrCl2O/c1-2-19-14-6-4-3-5-12(14)15(16)11-8-7-10(17)9-13(11)18/h3-9,15H,2H2,1H3. The number of rotatable bonds is 4. The van der Waals surface area contributed by atoms with Crippen molar-refractivity contribution in [2.45, 2.75) is 11.8 Å². The molecule has 100 valence electrons. The Kier molecular flexibility index (Phi) is 5.14. The maximum Gasteiger partial charge on any atom is 0.123 e. The summed E-state index contributed by atoms with van der Waals surface area (Å²) in [6.07, 6.45) is 0. The summed E-state index contributed by atoms with van der Waals surface area (Å²) in [6.45, 7) is 2.60. The van der Waals surface area contributed by atoms with E-state index in [1.54, 1.807) is 6.07 Å². The van der Waals surface area contributed by atoms with Gasteiger partial charge in [0.25, 0.3) is 0 Å². The highest BCUT2D eigenvalue weighted by Gasteiger charge is 2.17. The van der Waals surface area contributed by atoms with Gasteiger partial charge >= 0.3 is 0 Å². The summed E-state index contributed by atoms with van der Waals surface area (Å²) < 4.78 is 5.64. The zero-order valence-corrected chi connectivity index (χ0v) is 13.5. The fraction of sp³-hybridized carbons (Fsp3) is 0.200. The van der Waals surface area contributed by atoms with Gasteiger partial charge in [0.05, 0.1) is 11.4 Å². The van der Waals surface area contributed by atoms with Gasteiger partial charge in [-0.2, -0.15) is 0 Å². The summed E-state index contributed by atoms with van der Waals surface area (Å²) in [7, 11) is 0. The van der Waals surface area contributed by atoms with Crippen molar-refractivity contribution in [3.63, 3.8) is 0 Å². The van der Waals surface area contributed by atoms with Crippen molar-refractivity contribution in [1.29, 1.82) is 0 Å². The average Bonchev–Trinajstić information content (AvgIpc) is 2.39. The second-order valence-electron chi connectivity index (χ2n) is 4.00. The van der Waals surface area contributed by atoms with E-state index in [-0.39, 0.29) is 4.83 Å². The minimum Gasteiger partial charge on any atom is -0.494 e. The number of ether oxygens (including phenoxy) is 1. The highest BCUT2D eigenvalue weighted by atomic mass is 79.9. The van der Waals surface area contributed by atoms with E-state index in [1.165, 1.54) is 0 Å². The molecule has 0 aliphatic heterocycles. The van der Waals surface area contributed by atoms with Crippen LogP contribution in [-0.4, -0.2) is 6.61 Å². The first kappa shape index (κ1) is 14.7. The Morgan fingerprint density at radius 2 is 1.84 bits per heavy atom. The average molecular weight is 360 g/mol. The fourth-order valence-corrected chi connectivity index (χ4v) is 3.28. The first-order chi connectivity index (χ1) is 9.13. The third-order valence-corrected chi connectivity index (χ3v) is 4.28. The molecule has 0 aliphatic rings. The molecule has 0 amide bonds. The van der Waals surface area contributed by atoms with E-state index in [1.807, 2.05) is 43.3 Å². The molecule has 0 spiro atoms. The minimum atomic E-state index is -0.0278. The van der Waals surface area contributed by atoms with Gasteiger partial charge in [0, 0.05) is 15.6 Å². The molecule has 0 radical (unpaired) electrons. The number of halogens is 3. The van der Waals surface area contributed by atoms with Crippen LogP contribution >= 0.6 is 39.1 Å². The van der Waals surface area contributed by atoms with Gasteiger partial charge in [-0.05, 0) is 30.7 Å². The Balaban J connectivity index is 2.41. The lowest BCUT2D eigenvalue weighted by Gasteiger charge is -2.16. The van der Waals surface area contributed by atoms with Gasteiger partial charge < -0.3 is 4.74 Å². The lowest BCUT2D eigenvalue weighted by Crippen LogP contribution is -2.00. The highest BCUT2D eigenvalue weighted by molar-refractivity contribution is 9.09. The maximum atomic E-state index is 6.25. The molecule has 0 heterocycles. The SMILES string of the molecule is CCOc1ccccc1C(Br)c1ccc(Cl)cc1Cl. The van der Waals surface area contributed by atoms with E-state index >= 15 is 0 Å². The van der Waals surface area contributed by atoms with Crippen LogP contribution in [-0.2, 0) is 0 Å². The smallest absolute Gasteiger partial charge is 0.123 e.